The first kappa shape index (κ1) is 15.3. The third-order valence-corrected chi connectivity index (χ3v) is 3.22. The molecule has 1 heterocycles. The maximum atomic E-state index is 11.8. The van der Waals surface area contributed by atoms with Gasteiger partial charge in [-0.1, -0.05) is 0 Å². The minimum Gasteiger partial charge on any atom is -0.482 e. The zero-order chi connectivity index (χ0) is 15.1. The van der Waals surface area contributed by atoms with Crippen molar-refractivity contribution in [1.82, 2.24) is 0 Å². The van der Waals surface area contributed by atoms with Crippen LogP contribution in [0.2, 0.25) is 0 Å². The standard InChI is InChI=1S/C15H19NO5/c17-14(8-7-12-2-1-9-20-12)16-11-3-5-13(6-4-11)21-10-15(18)19/h3-6,12H,1-2,7-10H2,(H,16,17)(H,18,19). The normalized spacial score (nSPS) is 17.4. The fourth-order valence-corrected chi connectivity index (χ4v) is 2.17. The van der Waals surface area contributed by atoms with E-state index in [9.17, 15) is 9.59 Å². The molecule has 1 amide bonds. The quantitative estimate of drug-likeness (QED) is 0.803. The second-order valence-corrected chi connectivity index (χ2v) is 4.93. The SMILES string of the molecule is O=C(O)COc1ccc(NC(=O)CCC2CCCO2)cc1. The average Bonchev–Trinajstić information content (AvgIpc) is 2.98. The van der Waals surface area contributed by atoms with Gasteiger partial charge in [0.1, 0.15) is 5.75 Å². The van der Waals surface area contributed by atoms with Crippen molar-refractivity contribution in [1.29, 1.82) is 0 Å². The van der Waals surface area contributed by atoms with E-state index in [-0.39, 0.29) is 18.6 Å². The van der Waals surface area contributed by atoms with Gasteiger partial charge < -0.3 is 19.9 Å². The molecule has 0 bridgehead atoms. The molecule has 114 valence electrons. The Hall–Kier alpha value is -2.08. The molecule has 1 aromatic carbocycles. The highest BCUT2D eigenvalue weighted by Crippen LogP contribution is 2.18. The lowest BCUT2D eigenvalue weighted by Crippen LogP contribution is -2.15. The number of ether oxygens (including phenoxy) is 2. The van der Waals surface area contributed by atoms with Crippen molar-refractivity contribution in [3.05, 3.63) is 24.3 Å². The Morgan fingerprint density at radius 3 is 2.71 bits per heavy atom. The maximum absolute atomic E-state index is 11.8. The zero-order valence-corrected chi connectivity index (χ0v) is 11.7. The molecular weight excluding hydrogens is 274 g/mol. The molecule has 0 aromatic heterocycles. The highest BCUT2D eigenvalue weighted by Gasteiger charge is 2.16. The molecule has 1 atom stereocenters. The lowest BCUT2D eigenvalue weighted by atomic mass is 10.1. The lowest BCUT2D eigenvalue weighted by molar-refractivity contribution is -0.139. The zero-order valence-electron chi connectivity index (χ0n) is 11.7. The second kappa shape index (κ2) is 7.64. The minimum atomic E-state index is -1.03. The van der Waals surface area contributed by atoms with Gasteiger partial charge in [-0.3, -0.25) is 4.79 Å². The van der Waals surface area contributed by atoms with Crippen molar-refractivity contribution in [3.63, 3.8) is 0 Å². The molecule has 2 N–H and O–H groups in total. The first-order chi connectivity index (χ1) is 10.1. The fraction of sp³-hybridized carbons (Fsp3) is 0.467. The fourth-order valence-electron chi connectivity index (χ4n) is 2.17. The average molecular weight is 293 g/mol. The Morgan fingerprint density at radius 1 is 1.33 bits per heavy atom. The van der Waals surface area contributed by atoms with Crippen LogP contribution in [0.15, 0.2) is 24.3 Å². The van der Waals surface area contributed by atoms with Crippen molar-refractivity contribution in [2.45, 2.75) is 31.8 Å². The van der Waals surface area contributed by atoms with E-state index in [1.165, 1.54) is 0 Å². The van der Waals surface area contributed by atoms with Crippen LogP contribution < -0.4 is 10.1 Å². The number of nitrogens with one attached hydrogen (secondary N) is 1. The van der Waals surface area contributed by atoms with E-state index < -0.39 is 5.97 Å². The highest BCUT2D eigenvalue weighted by molar-refractivity contribution is 5.90. The predicted molar refractivity (Wildman–Crippen MR) is 76.4 cm³/mol. The Labute approximate surface area is 123 Å². The van der Waals surface area contributed by atoms with E-state index in [1.807, 2.05) is 0 Å². The van der Waals surface area contributed by atoms with Gasteiger partial charge in [0.15, 0.2) is 6.61 Å². The number of hydrogen-bond acceptors (Lipinski definition) is 4. The first-order valence-electron chi connectivity index (χ1n) is 6.99. The van der Waals surface area contributed by atoms with E-state index in [1.54, 1.807) is 24.3 Å². The summed E-state index contributed by atoms with van der Waals surface area (Å²) >= 11 is 0. The van der Waals surface area contributed by atoms with Gasteiger partial charge >= 0.3 is 5.97 Å². The number of hydrogen-bond donors (Lipinski definition) is 2. The predicted octanol–water partition coefficient (Wildman–Crippen LogP) is 2.05. The summed E-state index contributed by atoms with van der Waals surface area (Å²) in [6, 6.07) is 6.61. The number of carbonyl (C=O) groups is 2. The monoisotopic (exact) mass is 293 g/mol. The molecule has 0 aliphatic carbocycles. The molecule has 1 saturated heterocycles. The van der Waals surface area contributed by atoms with Crippen molar-refractivity contribution in [2.24, 2.45) is 0 Å². The Balaban J connectivity index is 1.73. The highest BCUT2D eigenvalue weighted by atomic mass is 16.5. The molecule has 6 nitrogen and oxygen atoms in total. The van der Waals surface area contributed by atoms with Gasteiger partial charge in [0, 0.05) is 18.7 Å². The van der Waals surface area contributed by atoms with Crippen molar-refractivity contribution in [3.8, 4) is 5.75 Å². The van der Waals surface area contributed by atoms with Crippen LogP contribution >= 0.6 is 0 Å². The molecule has 21 heavy (non-hydrogen) atoms. The van der Waals surface area contributed by atoms with E-state index in [4.69, 9.17) is 14.6 Å². The van der Waals surface area contributed by atoms with Gasteiger partial charge in [0.2, 0.25) is 5.91 Å². The topological polar surface area (TPSA) is 84.9 Å². The molecule has 1 fully saturated rings. The number of carbonyl (C=O) groups excluding carboxylic acids is 1. The lowest BCUT2D eigenvalue weighted by Gasteiger charge is -2.10. The first-order valence-corrected chi connectivity index (χ1v) is 6.99. The smallest absolute Gasteiger partial charge is 0.341 e. The molecule has 1 aliphatic rings. The molecule has 6 heteroatoms. The van der Waals surface area contributed by atoms with Gasteiger partial charge in [-0.25, -0.2) is 4.79 Å². The Bertz CT molecular complexity index is 479. The maximum Gasteiger partial charge on any atom is 0.341 e. The minimum absolute atomic E-state index is 0.0512. The van der Waals surface area contributed by atoms with E-state index in [2.05, 4.69) is 5.32 Å². The van der Waals surface area contributed by atoms with Crippen molar-refractivity contribution >= 4 is 17.6 Å². The van der Waals surface area contributed by atoms with Crippen LogP contribution in [0.3, 0.4) is 0 Å². The van der Waals surface area contributed by atoms with Crippen LogP contribution in [0.25, 0.3) is 0 Å². The number of carboxylic acids is 1. The van der Waals surface area contributed by atoms with Crippen LogP contribution in [0.4, 0.5) is 5.69 Å². The Morgan fingerprint density at radius 2 is 2.10 bits per heavy atom. The van der Waals surface area contributed by atoms with Gasteiger partial charge in [-0.15, -0.1) is 0 Å². The van der Waals surface area contributed by atoms with Crippen LogP contribution in [0, 0.1) is 0 Å². The summed E-state index contributed by atoms with van der Waals surface area (Å²) in [5, 5.41) is 11.3. The van der Waals surface area contributed by atoms with E-state index >= 15 is 0 Å². The third kappa shape index (κ3) is 5.43. The summed E-state index contributed by atoms with van der Waals surface area (Å²) < 4.78 is 10.5. The molecular formula is C15H19NO5. The third-order valence-electron chi connectivity index (χ3n) is 3.22. The number of carboxylic acid groups (broad SMARTS) is 1. The summed E-state index contributed by atoms with van der Waals surface area (Å²) in [5.74, 6) is -0.624. The molecule has 2 rings (SSSR count). The van der Waals surface area contributed by atoms with Crippen LogP contribution in [-0.2, 0) is 14.3 Å². The molecule has 0 radical (unpaired) electrons. The van der Waals surface area contributed by atoms with Crippen LogP contribution in [0.5, 0.6) is 5.75 Å². The largest absolute Gasteiger partial charge is 0.482 e. The number of amides is 1. The van der Waals surface area contributed by atoms with Gasteiger partial charge in [-0.2, -0.15) is 0 Å². The number of benzene rings is 1. The summed E-state index contributed by atoms with van der Waals surface area (Å²) in [7, 11) is 0. The van der Waals surface area contributed by atoms with Gasteiger partial charge in [0.25, 0.3) is 0 Å². The van der Waals surface area contributed by atoms with Crippen LogP contribution in [0.1, 0.15) is 25.7 Å². The Kier molecular flexibility index (Phi) is 5.57. The summed E-state index contributed by atoms with van der Waals surface area (Å²) in [5.41, 5.74) is 0.662. The molecule has 0 saturated carbocycles. The number of anilines is 1. The second-order valence-electron chi connectivity index (χ2n) is 4.93. The number of rotatable bonds is 7. The summed E-state index contributed by atoms with van der Waals surface area (Å²) in [4.78, 5) is 22.2. The van der Waals surface area contributed by atoms with E-state index in [0.717, 1.165) is 25.9 Å². The van der Waals surface area contributed by atoms with Crippen LogP contribution in [-0.4, -0.2) is 36.3 Å². The molecule has 0 spiro atoms. The number of aliphatic carboxylic acids is 1. The van der Waals surface area contributed by atoms with Crippen molar-refractivity contribution in [2.75, 3.05) is 18.5 Å². The summed E-state index contributed by atoms with van der Waals surface area (Å²) in [6.07, 6.45) is 3.49. The molecule has 1 aromatic rings. The van der Waals surface area contributed by atoms with Gasteiger partial charge in [0.05, 0.1) is 6.10 Å². The van der Waals surface area contributed by atoms with E-state index in [0.29, 0.717) is 17.9 Å². The van der Waals surface area contributed by atoms with Crippen molar-refractivity contribution < 1.29 is 24.2 Å². The molecule has 1 aliphatic heterocycles. The van der Waals surface area contributed by atoms with Gasteiger partial charge in [-0.05, 0) is 43.5 Å². The molecule has 1 unspecified atom stereocenters. The summed E-state index contributed by atoms with van der Waals surface area (Å²) in [6.45, 7) is 0.414.